The highest BCUT2D eigenvalue weighted by atomic mass is 14.2. The van der Waals surface area contributed by atoms with Crippen molar-refractivity contribution in [2.45, 2.75) is 78.1 Å². The van der Waals surface area contributed by atoms with E-state index < -0.39 is 0 Å². The first-order chi connectivity index (χ1) is 11.5. The molecule has 0 aliphatic carbocycles. The van der Waals surface area contributed by atoms with Gasteiger partial charge in [-0.3, -0.25) is 0 Å². The van der Waals surface area contributed by atoms with Crippen molar-refractivity contribution in [1.29, 1.82) is 0 Å². The molecule has 2 rings (SSSR count). The minimum Gasteiger partial charge on any atom is -0.0654 e. The number of rotatable bonds is 8. The van der Waals surface area contributed by atoms with Crippen LogP contribution >= 0.6 is 0 Å². The largest absolute Gasteiger partial charge is 0.0654 e. The molecule has 0 heteroatoms. The van der Waals surface area contributed by atoms with Gasteiger partial charge in [0.05, 0.1) is 0 Å². The Morgan fingerprint density at radius 1 is 0.625 bits per heavy atom. The number of benzene rings is 2. The van der Waals surface area contributed by atoms with Crippen LogP contribution in [0.5, 0.6) is 0 Å². The molecule has 2 aromatic carbocycles. The maximum absolute atomic E-state index is 2.30. The fraction of sp³-hybridized carbons (Fsp3) is 0.500. The molecule has 0 aromatic heterocycles. The van der Waals surface area contributed by atoms with E-state index in [1.165, 1.54) is 67.2 Å². The number of unbranched alkanes of at least 4 members (excludes halogenated alkanes) is 5. The van der Waals surface area contributed by atoms with E-state index in [1.807, 2.05) is 0 Å². The van der Waals surface area contributed by atoms with Gasteiger partial charge in [0.2, 0.25) is 0 Å². The van der Waals surface area contributed by atoms with Gasteiger partial charge in [0, 0.05) is 0 Å². The molecule has 24 heavy (non-hydrogen) atoms. The molecule has 0 spiro atoms. The monoisotopic (exact) mass is 322 g/mol. The van der Waals surface area contributed by atoms with Crippen LogP contribution in [0, 0.1) is 0 Å². The lowest BCUT2D eigenvalue weighted by atomic mass is 9.86. The fourth-order valence-electron chi connectivity index (χ4n) is 3.14. The van der Waals surface area contributed by atoms with Crippen molar-refractivity contribution in [3.8, 4) is 11.1 Å². The molecule has 0 aliphatic heterocycles. The van der Waals surface area contributed by atoms with E-state index in [4.69, 9.17) is 0 Å². The van der Waals surface area contributed by atoms with Crippen LogP contribution in [0.25, 0.3) is 11.1 Å². The first kappa shape index (κ1) is 18.8. The van der Waals surface area contributed by atoms with Crippen LogP contribution in [0.3, 0.4) is 0 Å². The zero-order valence-electron chi connectivity index (χ0n) is 16.1. The third kappa shape index (κ3) is 5.82. The van der Waals surface area contributed by atoms with Gasteiger partial charge in [-0.1, -0.05) is 108 Å². The van der Waals surface area contributed by atoms with Crippen LogP contribution in [-0.4, -0.2) is 0 Å². The summed E-state index contributed by atoms with van der Waals surface area (Å²) >= 11 is 0. The number of hydrogen-bond acceptors (Lipinski definition) is 0. The average Bonchev–Trinajstić information content (AvgIpc) is 2.58. The summed E-state index contributed by atoms with van der Waals surface area (Å²) in [6.07, 6.45) is 9.43. The van der Waals surface area contributed by atoms with Crippen molar-refractivity contribution in [3.05, 3.63) is 59.7 Å². The second kappa shape index (κ2) is 9.06. The quantitative estimate of drug-likeness (QED) is 0.440. The summed E-state index contributed by atoms with van der Waals surface area (Å²) in [7, 11) is 0. The third-order valence-electron chi connectivity index (χ3n) is 4.86. The van der Waals surface area contributed by atoms with Crippen molar-refractivity contribution in [3.63, 3.8) is 0 Å². The van der Waals surface area contributed by atoms with Crippen molar-refractivity contribution in [2.75, 3.05) is 0 Å². The Morgan fingerprint density at radius 2 is 1.12 bits per heavy atom. The molecule has 0 atom stereocenters. The van der Waals surface area contributed by atoms with Crippen molar-refractivity contribution >= 4 is 0 Å². The molecule has 0 N–H and O–H groups in total. The van der Waals surface area contributed by atoms with E-state index in [-0.39, 0.29) is 5.41 Å². The predicted octanol–water partition coefficient (Wildman–Crippen LogP) is 7.55. The van der Waals surface area contributed by atoms with E-state index in [0.29, 0.717) is 0 Å². The maximum atomic E-state index is 2.30. The predicted molar refractivity (Wildman–Crippen MR) is 108 cm³/mol. The van der Waals surface area contributed by atoms with E-state index >= 15 is 0 Å². The second-order valence-electron chi connectivity index (χ2n) is 8.04. The Hall–Kier alpha value is -1.56. The Kier molecular flexibility index (Phi) is 7.09. The van der Waals surface area contributed by atoms with E-state index in [2.05, 4.69) is 76.2 Å². The van der Waals surface area contributed by atoms with Crippen LogP contribution in [0.4, 0.5) is 0 Å². The SMILES string of the molecule is CCCCCCCCc1ccc(-c2ccc(C(C)(C)C)cc2)cc1. The van der Waals surface area contributed by atoms with Gasteiger partial charge in [-0.05, 0) is 40.5 Å². The van der Waals surface area contributed by atoms with Crippen LogP contribution < -0.4 is 0 Å². The lowest BCUT2D eigenvalue weighted by molar-refractivity contribution is 0.590. The highest BCUT2D eigenvalue weighted by Gasteiger charge is 2.12. The highest BCUT2D eigenvalue weighted by molar-refractivity contribution is 5.64. The lowest BCUT2D eigenvalue weighted by Crippen LogP contribution is -2.10. The van der Waals surface area contributed by atoms with Gasteiger partial charge < -0.3 is 0 Å². The van der Waals surface area contributed by atoms with Gasteiger partial charge in [0.25, 0.3) is 0 Å². The van der Waals surface area contributed by atoms with Gasteiger partial charge in [0.1, 0.15) is 0 Å². The van der Waals surface area contributed by atoms with Crippen molar-refractivity contribution in [1.82, 2.24) is 0 Å². The number of hydrogen-bond donors (Lipinski definition) is 0. The van der Waals surface area contributed by atoms with E-state index in [0.717, 1.165) is 0 Å². The minimum atomic E-state index is 0.222. The van der Waals surface area contributed by atoms with Gasteiger partial charge >= 0.3 is 0 Å². The Morgan fingerprint density at radius 3 is 1.67 bits per heavy atom. The van der Waals surface area contributed by atoms with E-state index in [9.17, 15) is 0 Å². The lowest BCUT2D eigenvalue weighted by Gasteiger charge is -2.19. The highest BCUT2D eigenvalue weighted by Crippen LogP contribution is 2.26. The first-order valence-corrected chi connectivity index (χ1v) is 9.70. The molecular formula is C24H34. The fourth-order valence-corrected chi connectivity index (χ4v) is 3.14. The molecule has 0 nitrogen and oxygen atoms in total. The van der Waals surface area contributed by atoms with Crippen LogP contribution in [0.1, 0.15) is 77.3 Å². The Balaban J connectivity index is 1.87. The van der Waals surface area contributed by atoms with Gasteiger partial charge in [-0.2, -0.15) is 0 Å². The smallest absolute Gasteiger partial charge is 0.0132 e. The molecule has 2 aromatic rings. The van der Waals surface area contributed by atoms with Crippen molar-refractivity contribution in [2.24, 2.45) is 0 Å². The summed E-state index contributed by atoms with van der Waals surface area (Å²) in [5.41, 5.74) is 5.72. The molecule has 0 radical (unpaired) electrons. The summed E-state index contributed by atoms with van der Waals surface area (Å²) in [5, 5.41) is 0. The molecule has 0 heterocycles. The average molecular weight is 323 g/mol. The normalized spacial score (nSPS) is 11.7. The topological polar surface area (TPSA) is 0 Å². The molecule has 0 saturated carbocycles. The molecule has 0 fully saturated rings. The molecule has 130 valence electrons. The van der Waals surface area contributed by atoms with Gasteiger partial charge in [-0.15, -0.1) is 0 Å². The molecule has 0 bridgehead atoms. The van der Waals surface area contributed by atoms with Crippen molar-refractivity contribution < 1.29 is 0 Å². The zero-order valence-corrected chi connectivity index (χ0v) is 16.1. The molecular weight excluding hydrogens is 288 g/mol. The van der Waals surface area contributed by atoms with Crippen LogP contribution in [0.15, 0.2) is 48.5 Å². The molecule has 0 unspecified atom stereocenters. The summed E-state index contributed by atoms with van der Waals surface area (Å²) in [4.78, 5) is 0. The summed E-state index contributed by atoms with van der Waals surface area (Å²) in [6, 6.07) is 18.2. The second-order valence-corrected chi connectivity index (χ2v) is 8.04. The summed E-state index contributed by atoms with van der Waals surface area (Å²) in [5.74, 6) is 0. The Labute approximate surface area is 149 Å². The summed E-state index contributed by atoms with van der Waals surface area (Å²) in [6.45, 7) is 9.06. The maximum Gasteiger partial charge on any atom is -0.0132 e. The minimum absolute atomic E-state index is 0.222. The van der Waals surface area contributed by atoms with Gasteiger partial charge in [0.15, 0.2) is 0 Å². The third-order valence-corrected chi connectivity index (χ3v) is 4.86. The molecule has 0 saturated heterocycles. The zero-order chi connectivity index (χ0) is 17.4. The molecule has 0 amide bonds. The van der Waals surface area contributed by atoms with Crippen LogP contribution in [0.2, 0.25) is 0 Å². The summed E-state index contributed by atoms with van der Waals surface area (Å²) < 4.78 is 0. The number of aryl methyl sites for hydroxylation is 1. The molecule has 0 aliphatic rings. The standard InChI is InChI=1S/C24H34/c1-5-6-7-8-9-10-11-20-12-14-21(15-13-20)22-16-18-23(19-17-22)24(2,3)4/h12-19H,5-11H2,1-4H3. The Bertz CT molecular complexity index is 581. The van der Waals surface area contributed by atoms with E-state index in [1.54, 1.807) is 0 Å². The van der Waals surface area contributed by atoms with Crippen LogP contribution in [-0.2, 0) is 11.8 Å². The van der Waals surface area contributed by atoms with Gasteiger partial charge in [-0.25, -0.2) is 0 Å². The first-order valence-electron chi connectivity index (χ1n) is 9.70.